The van der Waals surface area contributed by atoms with Gasteiger partial charge >= 0.3 is 10.5 Å². The Morgan fingerprint density at radius 3 is 1.58 bits per heavy atom. The van der Waals surface area contributed by atoms with E-state index in [1.54, 1.807) is 0 Å². The van der Waals surface area contributed by atoms with Crippen LogP contribution in [0.15, 0.2) is 56.0 Å². The lowest BCUT2D eigenvalue weighted by Crippen LogP contribution is -2.56. The first kappa shape index (κ1) is 31.9. The van der Waals surface area contributed by atoms with E-state index in [0.29, 0.717) is 0 Å². The van der Waals surface area contributed by atoms with Gasteiger partial charge in [0.2, 0.25) is 0 Å². The van der Waals surface area contributed by atoms with Crippen molar-refractivity contribution in [3.8, 4) is 0 Å². The number of sulfonamides is 2. The molecule has 0 atom stereocenters. The molecule has 24 heteroatoms. The fraction of sp³-hybridized carbons (Fsp3) is 0.143. The van der Waals surface area contributed by atoms with Crippen LogP contribution in [0.4, 0.5) is 26.3 Å². The van der Waals surface area contributed by atoms with Gasteiger partial charge in [-0.1, -0.05) is 4.13 Å². The highest BCUT2D eigenvalue weighted by molar-refractivity contribution is 8.06. The van der Waals surface area contributed by atoms with Gasteiger partial charge in [-0.3, -0.25) is 9.11 Å². The first-order valence-corrected chi connectivity index (χ1v) is 15.9. The van der Waals surface area contributed by atoms with Crippen LogP contribution in [0.25, 0.3) is 0 Å². The number of nitrogens with one attached hydrogen (secondary N) is 1. The van der Waals surface area contributed by atoms with E-state index in [-0.39, 0.29) is 40.5 Å². The zero-order chi connectivity index (χ0) is 29.9. The Labute approximate surface area is 209 Å². The Hall–Kier alpha value is -2.35. The second-order valence-electron chi connectivity index (χ2n) is 6.76. The molecule has 13 nitrogen and oxygen atoms in total. The van der Waals surface area contributed by atoms with Crippen molar-refractivity contribution >= 4 is 50.1 Å². The van der Waals surface area contributed by atoms with Crippen LogP contribution in [0, 0.1) is 11.6 Å². The molecule has 0 amide bonds. The first-order valence-electron chi connectivity index (χ1n) is 8.52. The number of hydrogen-bond donors (Lipinski definition) is 3. The molecule has 0 heterocycles. The van der Waals surface area contributed by atoms with E-state index in [0.717, 1.165) is 0 Å². The molecule has 2 aromatic rings. The molecule has 0 unspecified atom stereocenters. The van der Waals surface area contributed by atoms with Gasteiger partial charge in [0, 0.05) is 6.07 Å². The minimum absolute atomic E-state index is 0.0223. The summed E-state index contributed by atoms with van der Waals surface area (Å²) in [7, 11) is -32.1. The largest absolute Gasteiger partial charge is 0.436 e. The number of rotatable bonds is 9. The number of sulfone groups is 1. The van der Waals surface area contributed by atoms with Crippen molar-refractivity contribution in [2.24, 2.45) is 0 Å². The summed E-state index contributed by atoms with van der Waals surface area (Å²) in [5.74, 6) is -3.93. The predicted molar refractivity (Wildman–Crippen MR) is 109 cm³/mol. The summed E-state index contributed by atoms with van der Waals surface area (Å²) >= 11 is 0. The molecule has 0 radical (unpaired) electrons. The predicted octanol–water partition coefficient (Wildman–Crippen LogP) is 0.726. The smallest absolute Gasteiger partial charge is 0.282 e. The Balaban J connectivity index is 2.70. The van der Waals surface area contributed by atoms with E-state index in [9.17, 15) is 68.4 Å². The van der Waals surface area contributed by atoms with Crippen molar-refractivity contribution in [1.29, 1.82) is 0 Å². The van der Waals surface area contributed by atoms with Crippen LogP contribution in [-0.4, -0.2) is 61.7 Å². The summed E-state index contributed by atoms with van der Waals surface area (Å²) in [6, 6.07) is -0.999. The average Bonchev–Trinajstić information content (AvgIpc) is 2.70. The molecule has 0 saturated carbocycles. The van der Waals surface area contributed by atoms with E-state index < -0.39 is 91.8 Å². The molecule has 0 bridgehead atoms. The van der Waals surface area contributed by atoms with Crippen molar-refractivity contribution in [1.82, 2.24) is 4.13 Å². The summed E-state index contributed by atoms with van der Waals surface area (Å²) in [6.45, 7) is 0. The zero-order valence-electron chi connectivity index (χ0n) is 17.3. The van der Waals surface area contributed by atoms with Crippen molar-refractivity contribution in [3.05, 3.63) is 48.0 Å². The van der Waals surface area contributed by atoms with Gasteiger partial charge in [-0.05, 0) is 30.3 Å². The van der Waals surface area contributed by atoms with E-state index in [1.807, 2.05) is 0 Å². The molecular weight excluding hydrogens is 648 g/mol. The maximum atomic E-state index is 14.5. The fourth-order valence-electron chi connectivity index (χ4n) is 2.46. The molecule has 2 aromatic carbocycles. The van der Waals surface area contributed by atoms with Gasteiger partial charge < -0.3 is 0 Å². The quantitative estimate of drug-likeness (QED) is 0.193. The van der Waals surface area contributed by atoms with Crippen LogP contribution in [0.5, 0.6) is 0 Å². The summed E-state index contributed by atoms with van der Waals surface area (Å²) < 4.78 is 220. The number of halogens is 6. The van der Waals surface area contributed by atoms with Gasteiger partial charge in [0.1, 0.15) is 26.3 Å². The highest BCUT2D eigenvalue weighted by Crippen LogP contribution is 2.46. The van der Waals surface area contributed by atoms with Gasteiger partial charge in [0.15, 0.2) is 0 Å². The van der Waals surface area contributed by atoms with Gasteiger partial charge in [-0.15, -0.1) is 0 Å². The summed E-state index contributed by atoms with van der Waals surface area (Å²) in [6.07, 6.45) is 0. The molecular formula is C14H9F6NO12S5. The average molecular weight is 658 g/mol. The van der Waals surface area contributed by atoms with E-state index in [2.05, 4.69) is 0 Å². The molecule has 2 rings (SSSR count). The van der Waals surface area contributed by atoms with Gasteiger partial charge in [-0.25, -0.2) is 34.0 Å². The maximum Gasteiger partial charge on any atom is 0.436 e. The minimum atomic E-state index is -7.48. The standard InChI is InChI=1S/C14H9F6NO12S5/c15-7-1-3-10(9(16)5-7)34(22,23)13(17,18)14(19,20)38(32,33)21-35(24,25)11-4-2-8(36(26,27)28)6-12(11)37(29,30)31/h1-6,21H,(H,26,27,28)(H,29,30,31). The van der Waals surface area contributed by atoms with Crippen LogP contribution >= 0.6 is 0 Å². The molecule has 0 fully saturated rings. The third-order valence-electron chi connectivity index (χ3n) is 4.20. The Morgan fingerprint density at radius 2 is 1.13 bits per heavy atom. The molecule has 3 N–H and O–H groups in total. The summed E-state index contributed by atoms with van der Waals surface area (Å²) in [5, 5.41) is -13.9. The summed E-state index contributed by atoms with van der Waals surface area (Å²) in [4.78, 5) is -7.87. The second-order valence-corrected chi connectivity index (χ2v) is 15.2. The fourth-order valence-corrected chi connectivity index (χ4v) is 8.91. The second kappa shape index (κ2) is 9.39. The third kappa shape index (κ3) is 5.51. The van der Waals surface area contributed by atoms with Crippen molar-refractivity contribution in [3.63, 3.8) is 0 Å². The van der Waals surface area contributed by atoms with Gasteiger partial charge in [0.25, 0.3) is 50.1 Å². The van der Waals surface area contributed by atoms with Gasteiger partial charge in [-0.2, -0.15) is 34.4 Å². The van der Waals surface area contributed by atoms with E-state index >= 15 is 0 Å². The van der Waals surface area contributed by atoms with E-state index in [1.165, 1.54) is 0 Å². The number of benzene rings is 2. The molecule has 0 aromatic heterocycles. The lowest BCUT2D eigenvalue weighted by Gasteiger charge is -2.26. The van der Waals surface area contributed by atoms with Crippen molar-refractivity contribution < 1.29 is 77.5 Å². The Kier molecular flexibility index (Phi) is 7.87. The molecule has 0 aliphatic rings. The lowest BCUT2D eigenvalue weighted by atomic mass is 10.3. The molecule has 0 spiro atoms. The Morgan fingerprint density at radius 1 is 0.632 bits per heavy atom. The third-order valence-corrected chi connectivity index (χ3v) is 11.7. The maximum absolute atomic E-state index is 14.5. The lowest BCUT2D eigenvalue weighted by molar-refractivity contribution is -0.0970. The number of hydrogen-bond acceptors (Lipinski definition) is 10. The van der Waals surface area contributed by atoms with E-state index in [4.69, 9.17) is 9.11 Å². The Bertz CT molecular complexity index is 1860. The molecule has 0 aliphatic heterocycles. The SMILES string of the molecule is O=S(=O)(O)c1ccc(S(=O)(=O)NS(=O)(=O)C(F)(F)C(F)(F)S(=O)(=O)c2ccc(F)cc2F)c(S(=O)(=O)O)c1. The first-order chi connectivity index (χ1) is 16.7. The molecule has 38 heavy (non-hydrogen) atoms. The van der Waals surface area contributed by atoms with Crippen LogP contribution in [-0.2, 0) is 50.1 Å². The monoisotopic (exact) mass is 657 g/mol. The summed E-state index contributed by atoms with van der Waals surface area (Å²) in [5.41, 5.74) is 0. The topological polar surface area (TPSA) is 223 Å². The molecule has 214 valence electrons. The zero-order valence-corrected chi connectivity index (χ0v) is 21.3. The van der Waals surface area contributed by atoms with Crippen molar-refractivity contribution in [2.45, 2.75) is 30.1 Å². The van der Waals surface area contributed by atoms with Crippen molar-refractivity contribution in [2.75, 3.05) is 0 Å². The minimum Gasteiger partial charge on any atom is -0.282 e. The van der Waals surface area contributed by atoms with Crippen LogP contribution < -0.4 is 4.13 Å². The molecule has 0 aliphatic carbocycles. The molecule has 0 saturated heterocycles. The highest BCUT2D eigenvalue weighted by Gasteiger charge is 2.74. The van der Waals surface area contributed by atoms with Crippen LogP contribution in [0.1, 0.15) is 0 Å². The van der Waals surface area contributed by atoms with Gasteiger partial charge in [0.05, 0.1) is 4.90 Å². The van der Waals surface area contributed by atoms with Crippen LogP contribution in [0.3, 0.4) is 0 Å². The van der Waals surface area contributed by atoms with Crippen LogP contribution in [0.2, 0.25) is 0 Å². The highest BCUT2D eigenvalue weighted by atomic mass is 32.3. The number of alkyl halides is 4. The normalized spacial score (nSPS) is 14.4.